The SMILES string of the molecule is Cc1ncc(-c2cscn2)nc1C(N)=O. The van der Waals surface area contributed by atoms with Crippen molar-refractivity contribution in [1.29, 1.82) is 0 Å². The molecule has 2 heterocycles. The first kappa shape index (κ1) is 9.72. The Morgan fingerprint density at radius 3 is 2.80 bits per heavy atom. The quantitative estimate of drug-likeness (QED) is 0.818. The van der Waals surface area contributed by atoms with Crippen LogP contribution in [0.4, 0.5) is 0 Å². The number of carbonyl (C=O) groups is 1. The second kappa shape index (κ2) is 3.74. The van der Waals surface area contributed by atoms with Crippen molar-refractivity contribution >= 4 is 17.2 Å². The lowest BCUT2D eigenvalue weighted by atomic mass is 10.3. The molecule has 0 saturated carbocycles. The zero-order valence-corrected chi connectivity index (χ0v) is 8.78. The molecule has 0 fully saturated rings. The van der Waals surface area contributed by atoms with Crippen molar-refractivity contribution < 1.29 is 4.79 Å². The molecule has 0 aliphatic heterocycles. The van der Waals surface area contributed by atoms with E-state index in [-0.39, 0.29) is 5.69 Å². The predicted octanol–water partition coefficient (Wildman–Crippen LogP) is 1.01. The molecule has 0 aliphatic rings. The Bertz CT molecular complexity index is 495. The highest BCUT2D eigenvalue weighted by atomic mass is 32.1. The molecule has 0 spiro atoms. The molecule has 2 N–H and O–H groups in total. The molecule has 2 aromatic heterocycles. The lowest BCUT2D eigenvalue weighted by Crippen LogP contribution is -2.16. The summed E-state index contributed by atoms with van der Waals surface area (Å²) in [5.41, 5.74) is 8.87. The van der Waals surface area contributed by atoms with Crippen LogP contribution < -0.4 is 5.73 Å². The van der Waals surface area contributed by atoms with Crippen LogP contribution in [0.25, 0.3) is 11.4 Å². The number of nitrogens with two attached hydrogens (primary N) is 1. The molecule has 6 heteroatoms. The van der Waals surface area contributed by atoms with Gasteiger partial charge in [0.15, 0.2) is 0 Å². The molecule has 0 radical (unpaired) electrons. The summed E-state index contributed by atoms with van der Waals surface area (Å²) in [6.45, 7) is 1.69. The van der Waals surface area contributed by atoms with Gasteiger partial charge >= 0.3 is 0 Å². The topological polar surface area (TPSA) is 81.8 Å². The summed E-state index contributed by atoms with van der Waals surface area (Å²) < 4.78 is 0. The lowest BCUT2D eigenvalue weighted by molar-refractivity contribution is 0.0994. The molecule has 5 nitrogen and oxygen atoms in total. The van der Waals surface area contributed by atoms with Crippen LogP contribution in [0, 0.1) is 6.92 Å². The maximum absolute atomic E-state index is 11.0. The third-order valence-corrected chi connectivity index (χ3v) is 2.47. The van der Waals surface area contributed by atoms with Crippen LogP contribution in [0.2, 0.25) is 0 Å². The van der Waals surface area contributed by atoms with E-state index in [4.69, 9.17) is 5.73 Å². The molecular weight excluding hydrogens is 212 g/mol. The number of carbonyl (C=O) groups excluding carboxylic acids is 1. The third kappa shape index (κ3) is 1.84. The molecule has 0 unspecified atom stereocenters. The Morgan fingerprint density at radius 1 is 1.40 bits per heavy atom. The van der Waals surface area contributed by atoms with Crippen LogP contribution in [-0.4, -0.2) is 20.9 Å². The number of hydrogen-bond donors (Lipinski definition) is 1. The van der Waals surface area contributed by atoms with E-state index in [0.717, 1.165) is 0 Å². The fourth-order valence-electron chi connectivity index (χ4n) is 1.15. The van der Waals surface area contributed by atoms with Crippen LogP contribution in [0.1, 0.15) is 16.2 Å². The number of hydrogen-bond acceptors (Lipinski definition) is 5. The van der Waals surface area contributed by atoms with Crippen LogP contribution >= 0.6 is 11.3 Å². The van der Waals surface area contributed by atoms with Crippen molar-refractivity contribution in [3.05, 3.63) is 28.5 Å². The van der Waals surface area contributed by atoms with Crippen LogP contribution in [-0.2, 0) is 0 Å². The van der Waals surface area contributed by atoms with E-state index in [0.29, 0.717) is 17.1 Å². The van der Waals surface area contributed by atoms with Gasteiger partial charge in [-0.3, -0.25) is 9.78 Å². The molecular formula is C9H8N4OS. The van der Waals surface area contributed by atoms with Crippen LogP contribution in [0.3, 0.4) is 0 Å². The molecule has 76 valence electrons. The summed E-state index contributed by atoms with van der Waals surface area (Å²) in [5, 5.41) is 1.84. The number of primary amides is 1. The average molecular weight is 220 g/mol. The molecule has 2 aromatic rings. The van der Waals surface area contributed by atoms with Crippen molar-refractivity contribution in [3.63, 3.8) is 0 Å². The van der Waals surface area contributed by atoms with Gasteiger partial charge in [-0.2, -0.15) is 0 Å². The van der Waals surface area contributed by atoms with Gasteiger partial charge in [0.25, 0.3) is 5.91 Å². The van der Waals surface area contributed by atoms with Gasteiger partial charge in [-0.1, -0.05) is 0 Å². The molecule has 0 saturated heterocycles. The summed E-state index contributed by atoms with van der Waals surface area (Å²) in [4.78, 5) is 23.3. The number of aromatic nitrogens is 3. The Balaban J connectivity index is 2.52. The Kier molecular flexibility index (Phi) is 2.42. The van der Waals surface area contributed by atoms with E-state index in [1.54, 1.807) is 18.6 Å². The van der Waals surface area contributed by atoms with Gasteiger partial charge < -0.3 is 5.73 Å². The third-order valence-electron chi connectivity index (χ3n) is 1.88. The van der Waals surface area contributed by atoms with E-state index in [1.165, 1.54) is 11.3 Å². The summed E-state index contributed by atoms with van der Waals surface area (Å²) in [6, 6.07) is 0. The summed E-state index contributed by atoms with van der Waals surface area (Å²) in [6.07, 6.45) is 1.58. The van der Waals surface area contributed by atoms with Crippen molar-refractivity contribution in [1.82, 2.24) is 15.0 Å². The predicted molar refractivity (Wildman–Crippen MR) is 56.4 cm³/mol. The minimum Gasteiger partial charge on any atom is -0.364 e. The molecule has 0 aliphatic carbocycles. The number of amides is 1. The highest BCUT2D eigenvalue weighted by Crippen LogP contribution is 2.16. The first-order valence-electron chi connectivity index (χ1n) is 4.20. The van der Waals surface area contributed by atoms with Crippen molar-refractivity contribution in [2.75, 3.05) is 0 Å². The normalized spacial score (nSPS) is 10.2. The maximum atomic E-state index is 11.0. The van der Waals surface area contributed by atoms with Crippen molar-refractivity contribution in [2.45, 2.75) is 6.92 Å². The van der Waals surface area contributed by atoms with Gasteiger partial charge in [0.1, 0.15) is 17.1 Å². The van der Waals surface area contributed by atoms with Gasteiger partial charge in [-0.05, 0) is 6.92 Å². The first-order valence-corrected chi connectivity index (χ1v) is 5.15. The average Bonchev–Trinajstić information content (AvgIpc) is 2.71. The van der Waals surface area contributed by atoms with E-state index in [9.17, 15) is 4.79 Å². The number of rotatable bonds is 2. The molecule has 1 amide bonds. The lowest BCUT2D eigenvalue weighted by Gasteiger charge is -2.01. The largest absolute Gasteiger partial charge is 0.364 e. The van der Waals surface area contributed by atoms with E-state index in [2.05, 4.69) is 15.0 Å². The Labute approximate surface area is 90.0 Å². The minimum absolute atomic E-state index is 0.195. The van der Waals surface area contributed by atoms with E-state index >= 15 is 0 Å². The van der Waals surface area contributed by atoms with Gasteiger partial charge in [-0.15, -0.1) is 11.3 Å². The van der Waals surface area contributed by atoms with Crippen molar-refractivity contribution in [2.24, 2.45) is 5.73 Å². The second-order valence-electron chi connectivity index (χ2n) is 2.93. The zero-order chi connectivity index (χ0) is 10.8. The highest BCUT2D eigenvalue weighted by Gasteiger charge is 2.11. The van der Waals surface area contributed by atoms with Gasteiger partial charge in [0, 0.05) is 5.38 Å². The van der Waals surface area contributed by atoms with Gasteiger partial charge in [0.05, 0.1) is 17.4 Å². The zero-order valence-electron chi connectivity index (χ0n) is 7.97. The molecule has 0 aromatic carbocycles. The number of thiazole rings is 1. The van der Waals surface area contributed by atoms with Gasteiger partial charge in [0.2, 0.25) is 0 Å². The monoisotopic (exact) mass is 220 g/mol. The van der Waals surface area contributed by atoms with Crippen LogP contribution in [0.5, 0.6) is 0 Å². The van der Waals surface area contributed by atoms with Gasteiger partial charge in [-0.25, -0.2) is 9.97 Å². The highest BCUT2D eigenvalue weighted by molar-refractivity contribution is 7.07. The smallest absolute Gasteiger partial charge is 0.269 e. The Morgan fingerprint density at radius 2 is 2.20 bits per heavy atom. The number of aryl methyl sites for hydroxylation is 1. The molecule has 0 bridgehead atoms. The number of nitrogens with zero attached hydrogens (tertiary/aromatic N) is 3. The van der Waals surface area contributed by atoms with Crippen LogP contribution in [0.15, 0.2) is 17.1 Å². The minimum atomic E-state index is -0.572. The van der Waals surface area contributed by atoms with Crippen molar-refractivity contribution in [3.8, 4) is 11.4 Å². The molecule has 2 rings (SSSR count). The molecule has 15 heavy (non-hydrogen) atoms. The second-order valence-corrected chi connectivity index (χ2v) is 3.65. The summed E-state index contributed by atoms with van der Waals surface area (Å²) in [5.74, 6) is -0.572. The van der Waals surface area contributed by atoms with E-state index < -0.39 is 5.91 Å². The standard InChI is InChI=1S/C9H8N4OS/c1-5-8(9(10)14)13-6(2-11-5)7-3-15-4-12-7/h2-4H,1H3,(H2,10,14). The fourth-order valence-corrected chi connectivity index (χ4v) is 1.69. The summed E-state index contributed by atoms with van der Waals surface area (Å²) in [7, 11) is 0. The molecule has 0 atom stereocenters. The summed E-state index contributed by atoms with van der Waals surface area (Å²) >= 11 is 1.46. The maximum Gasteiger partial charge on any atom is 0.269 e. The first-order chi connectivity index (χ1) is 7.18. The van der Waals surface area contributed by atoms with E-state index in [1.807, 2.05) is 5.38 Å². The Hall–Kier alpha value is -1.82. The fraction of sp³-hybridized carbons (Fsp3) is 0.111.